The summed E-state index contributed by atoms with van der Waals surface area (Å²) in [5.41, 5.74) is 0.717. The molecule has 29 heavy (non-hydrogen) atoms. The van der Waals surface area contributed by atoms with Crippen molar-refractivity contribution in [1.29, 1.82) is 0 Å². The maximum atomic E-state index is 13.0. The Hall–Kier alpha value is -1.36. The normalized spacial score (nSPS) is 54.6. The first-order chi connectivity index (χ1) is 13.8. The summed E-state index contributed by atoms with van der Waals surface area (Å²) >= 11 is 0. The molecule has 0 N–H and O–H groups in total. The van der Waals surface area contributed by atoms with Crippen LogP contribution >= 0.6 is 0 Å². The van der Waals surface area contributed by atoms with Crippen LogP contribution in [0.2, 0.25) is 0 Å². The summed E-state index contributed by atoms with van der Waals surface area (Å²) in [6, 6.07) is 0. The highest BCUT2D eigenvalue weighted by Crippen LogP contribution is 2.78. The maximum Gasteiger partial charge on any atom is 0.309 e. The van der Waals surface area contributed by atoms with Gasteiger partial charge in [-0.3, -0.25) is 9.59 Å². The van der Waals surface area contributed by atoms with Gasteiger partial charge in [-0.25, -0.2) is 0 Å². The molecule has 6 rings (SSSR count). The van der Waals surface area contributed by atoms with Crippen molar-refractivity contribution in [2.24, 2.45) is 28.6 Å². The standard InChI is InChI=1S/C24H32O5/c1-21-9-5-4-6-14(21)12-15(20(26)27-3)19-16-7-10-23(11-8-18(25)29-23)22(16,2)13-17-24(19,21)28-17/h6,15-17,19H,4-5,7-13H2,1-3H3/t15-,16?,17-,19?,21?,22?,23-,24-/m1/s1. The fourth-order valence-electron chi connectivity index (χ4n) is 8.87. The molecule has 4 aliphatic carbocycles. The van der Waals surface area contributed by atoms with E-state index in [1.165, 1.54) is 19.1 Å². The highest BCUT2D eigenvalue weighted by Gasteiger charge is 2.83. The third-order valence-corrected chi connectivity index (χ3v) is 10.3. The number of ether oxygens (including phenoxy) is 3. The first-order valence-electron chi connectivity index (χ1n) is 11.5. The van der Waals surface area contributed by atoms with Crippen LogP contribution in [0, 0.1) is 28.6 Å². The molecule has 3 saturated carbocycles. The second kappa shape index (κ2) is 5.46. The zero-order valence-electron chi connectivity index (χ0n) is 17.8. The summed E-state index contributed by atoms with van der Waals surface area (Å²) in [5.74, 6) is 0.178. The van der Waals surface area contributed by atoms with E-state index in [2.05, 4.69) is 19.9 Å². The van der Waals surface area contributed by atoms with Crippen molar-refractivity contribution in [3.8, 4) is 0 Å². The van der Waals surface area contributed by atoms with Gasteiger partial charge in [-0.15, -0.1) is 0 Å². The van der Waals surface area contributed by atoms with Gasteiger partial charge in [0.25, 0.3) is 0 Å². The Labute approximate surface area is 172 Å². The molecule has 2 aliphatic heterocycles. The molecule has 158 valence electrons. The number of carbonyl (C=O) groups excluding carboxylic acids is 2. The van der Waals surface area contributed by atoms with E-state index in [9.17, 15) is 9.59 Å². The van der Waals surface area contributed by atoms with Gasteiger partial charge in [0, 0.05) is 23.2 Å². The van der Waals surface area contributed by atoms with E-state index in [1.807, 2.05) is 0 Å². The van der Waals surface area contributed by atoms with Crippen molar-refractivity contribution in [3.05, 3.63) is 11.6 Å². The van der Waals surface area contributed by atoms with E-state index in [0.29, 0.717) is 12.3 Å². The van der Waals surface area contributed by atoms with Gasteiger partial charge in [-0.2, -0.15) is 0 Å². The highest BCUT2D eigenvalue weighted by molar-refractivity contribution is 5.75. The molecule has 0 aromatic rings. The number of hydrogen-bond acceptors (Lipinski definition) is 5. The van der Waals surface area contributed by atoms with Crippen molar-refractivity contribution in [3.63, 3.8) is 0 Å². The molecule has 0 aromatic carbocycles. The van der Waals surface area contributed by atoms with Crippen molar-refractivity contribution in [1.82, 2.24) is 0 Å². The predicted molar refractivity (Wildman–Crippen MR) is 105 cm³/mol. The van der Waals surface area contributed by atoms with Gasteiger partial charge in [0.1, 0.15) is 11.2 Å². The van der Waals surface area contributed by atoms with Crippen LogP contribution in [0.4, 0.5) is 0 Å². The van der Waals surface area contributed by atoms with Gasteiger partial charge in [-0.1, -0.05) is 25.5 Å². The smallest absolute Gasteiger partial charge is 0.309 e. The quantitative estimate of drug-likeness (QED) is 0.379. The van der Waals surface area contributed by atoms with Crippen LogP contribution < -0.4 is 0 Å². The Morgan fingerprint density at radius 1 is 1.24 bits per heavy atom. The minimum Gasteiger partial charge on any atom is -0.469 e. The first kappa shape index (κ1) is 18.4. The Balaban J connectivity index is 1.48. The minimum absolute atomic E-state index is 0.0224. The molecule has 2 saturated heterocycles. The molecule has 2 heterocycles. The van der Waals surface area contributed by atoms with E-state index >= 15 is 0 Å². The van der Waals surface area contributed by atoms with Gasteiger partial charge < -0.3 is 14.2 Å². The van der Waals surface area contributed by atoms with E-state index in [1.54, 1.807) is 0 Å². The molecule has 0 aromatic heterocycles. The minimum atomic E-state index is -0.364. The second-order valence-electron chi connectivity index (χ2n) is 10.9. The molecule has 0 bridgehead atoms. The van der Waals surface area contributed by atoms with E-state index < -0.39 is 0 Å². The average Bonchev–Trinajstić information content (AvgIpc) is 3.19. The van der Waals surface area contributed by atoms with Crippen LogP contribution in [-0.2, 0) is 23.8 Å². The number of fused-ring (bicyclic) bond motifs is 4. The molecule has 5 nitrogen and oxygen atoms in total. The lowest BCUT2D eigenvalue weighted by molar-refractivity contribution is -0.172. The van der Waals surface area contributed by atoms with Gasteiger partial charge >= 0.3 is 11.9 Å². The molecule has 0 amide bonds. The Morgan fingerprint density at radius 3 is 2.79 bits per heavy atom. The number of rotatable bonds is 1. The van der Waals surface area contributed by atoms with Gasteiger partial charge in [0.15, 0.2) is 0 Å². The summed E-state index contributed by atoms with van der Waals surface area (Å²) in [5, 5.41) is 0. The predicted octanol–water partition coefficient (Wildman–Crippen LogP) is 3.95. The van der Waals surface area contributed by atoms with Crippen LogP contribution in [0.3, 0.4) is 0 Å². The Morgan fingerprint density at radius 2 is 2.07 bits per heavy atom. The summed E-state index contributed by atoms with van der Waals surface area (Å²) < 4.78 is 18.1. The summed E-state index contributed by atoms with van der Waals surface area (Å²) in [7, 11) is 1.51. The van der Waals surface area contributed by atoms with Crippen molar-refractivity contribution in [2.45, 2.75) is 88.9 Å². The lowest BCUT2D eigenvalue weighted by atomic mass is 9.43. The van der Waals surface area contributed by atoms with Gasteiger partial charge in [0.2, 0.25) is 0 Å². The van der Waals surface area contributed by atoms with Crippen molar-refractivity contribution >= 4 is 11.9 Å². The monoisotopic (exact) mass is 400 g/mol. The van der Waals surface area contributed by atoms with Crippen molar-refractivity contribution < 1.29 is 23.8 Å². The molecule has 5 heteroatoms. The number of hydrogen-bond donors (Lipinski definition) is 0. The molecular formula is C24H32O5. The topological polar surface area (TPSA) is 65.1 Å². The number of epoxide rings is 1. The molecule has 6 aliphatic rings. The van der Waals surface area contributed by atoms with Crippen LogP contribution in [0.5, 0.6) is 0 Å². The highest BCUT2D eigenvalue weighted by atomic mass is 16.6. The zero-order chi connectivity index (χ0) is 20.2. The molecule has 2 spiro atoms. The SMILES string of the molecule is COC(=O)[C@@H]1CC2=CCCCC2(C)[C@@]23O[C@@H]2CC2(C)C(CC[C@@]24CCC(=O)O4)C13. The summed E-state index contributed by atoms with van der Waals surface area (Å²) in [6.07, 6.45) is 11.0. The fraction of sp³-hybridized carbons (Fsp3) is 0.833. The Kier molecular flexibility index (Phi) is 3.47. The number of carbonyl (C=O) groups is 2. The zero-order valence-corrected chi connectivity index (χ0v) is 17.8. The van der Waals surface area contributed by atoms with Crippen LogP contribution in [-0.4, -0.2) is 36.4 Å². The number of methoxy groups -OCH3 is 1. The number of allylic oxidation sites excluding steroid dienone is 1. The largest absolute Gasteiger partial charge is 0.469 e. The third kappa shape index (κ3) is 1.93. The van der Waals surface area contributed by atoms with Crippen LogP contribution in [0.25, 0.3) is 0 Å². The van der Waals surface area contributed by atoms with E-state index in [-0.39, 0.29) is 51.9 Å². The first-order valence-corrected chi connectivity index (χ1v) is 11.5. The van der Waals surface area contributed by atoms with E-state index in [4.69, 9.17) is 14.2 Å². The molecule has 4 unspecified atom stereocenters. The van der Waals surface area contributed by atoms with Crippen LogP contribution in [0.1, 0.15) is 71.6 Å². The summed E-state index contributed by atoms with van der Waals surface area (Å²) in [6.45, 7) is 4.71. The fourth-order valence-corrected chi connectivity index (χ4v) is 8.87. The maximum absolute atomic E-state index is 13.0. The molecule has 0 radical (unpaired) electrons. The number of esters is 2. The Bertz CT molecular complexity index is 833. The van der Waals surface area contributed by atoms with E-state index in [0.717, 1.165) is 44.9 Å². The van der Waals surface area contributed by atoms with Gasteiger partial charge in [0.05, 0.1) is 19.1 Å². The lowest BCUT2D eigenvalue weighted by Crippen LogP contribution is -2.63. The molecule has 8 atom stereocenters. The van der Waals surface area contributed by atoms with Gasteiger partial charge in [-0.05, 0) is 57.3 Å². The molecular weight excluding hydrogens is 368 g/mol. The lowest BCUT2D eigenvalue weighted by Gasteiger charge is -2.58. The third-order valence-electron chi connectivity index (χ3n) is 10.3. The molecule has 5 fully saturated rings. The average molecular weight is 401 g/mol. The van der Waals surface area contributed by atoms with Crippen LogP contribution in [0.15, 0.2) is 11.6 Å². The summed E-state index contributed by atoms with van der Waals surface area (Å²) in [4.78, 5) is 25.1. The second-order valence-corrected chi connectivity index (χ2v) is 10.9. The van der Waals surface area contributed by atoms with Crippen molar-refractivity contribution in [2.75, 3.05) is 7.11 Å².